The Hall–Kier alpha value is -1.06. The van der Waals surface area contributed by atoms with E-state index in [0.717, 1.165) is 0 Å². The Balaban J connectivity index is 4.12. The van der Waals surface area contributed by atoms with E-state index >= 15 is 0 Å². The Kier molecular flexibility index (Phi) is 2.19. The van der Waals surface area contributed by atoms with Gasteiger partial charge >= 0.3 is 16.4 Å². The molecule has 0 aliphatic heterocycles. The molecule has 0 aromatic heterocycles. The third kappa shape index (κ3) is 4.80. The molecule has 0 rings (SSSR count). The fraction of sp³-hybridized carbons (Fsp3) is 0. The number of rotatable bonds is 1. The quantitative estimate of drug-likeness (QED) is 0.381. The average Bonchev–Trinajstić information content (AvgIpc) is 1.62. The van der Waals surface area contributed by atoms with E-state index in [1.165, 1.54) is 5.92 Å². The predicted octanol–water partition coefficient (Wildman–Crippen LogP) is -1.03. The molecule has 0 aliphatic rings. The Morgan fingerprint density at radius 2 is 2.11 bits per heavy atom. The van der Waals surface area contributed by atoms with Gasteiger partial charge in [-0.2, -0.15) is 8.42 Å². The van der Waals surface area contributed by atoms with Gasteiger partial charge in [0.1, 0.15) is 0 Å². The van der Waals surface area contributed by atoms with Gasteiger partial charge in [0.05, 0.1) is 0 Å². The maximum atomic E-state index is 9.83. The summed E-state index contributed by atoms with van der Waals surface area (Å²) in [5.74, 6) is -0.126. The highest BCUT2D eigenvalue weighted by Gasteiger charge is 2.08. The van der Waals surface area contributed by atoms with E-state index in [9.17, 15) is 13.2 Å². The first kappa shape index (κ1) is 7.94. The number of hydrogen-bond acceptors (Lipinski definition) is 4. The van der Waals surface area contributed by atoms with Crippen LogP contribution in [0, 0.1) is 12.3 Å². The van der Waals surface area contributed by atoms with Crippen LogP contribution in [0.3, 0.4) is 0 Å². The van der Waals surface area contributed by atoms with E-state index in [0.29, 0.717) is 0 Å². The minimum Gasteiger partial charge on any atom is -0.313 e. The van der Waals surface area contributed by atoms with Gasteiger partial charge in [-0.1, -0.05) is 0 Å². The van der Waals surface area contributed by atoms with Crippen LogP contribution in [0.2, 0.25) is 0 Å². The molecule has 0 aliphatic carbocycles. The monoisotopic (exact) mass is 150 g/mol. The van der Waals surface area contributed by atoms with E-state index in [1.807, 2.05) is 0 Å². The van der Waals surface area contributed by atoms with Crippen molar-refractivity contribution < 1.29 is 21.9 Å². The van der Waals surface area contributed by atoms with Crippen molar-refractivity contribution in [2.24, 2.45) is 0 Å². The molecule has 0 saturated heterocycles. The van der Waals surface area contributed by atoms with Crippen LogP contribution in [0.1, 0.15) is 0 Å². The SMILES string of the molecule is C#CC(=O)OS(=O)(=O)O. The van der Waals surface area contributed by atoms with Crippen molar-refractivity contribution in [1.82, 2.24) is 0 Å². The second-order valence-electron chi connectivity index (χ2n) is 0.943. The van der Waals surface area contributed by atoms with Gasteiger partial charge in [0.15, 0.2) is 0 Å². The van der Waals surface area contributed by atoms with Crippen LogP contribution >= 0.6 is 0 Å². The summed E-state index contributed by atoms with van der Waals surface area (Å²) in [7, 11) is -4.73. The predicted molar refractivity (Wildman–Crippen MR) is 26.5 cm³/mol. The molecule has 9 heavy (non-hydrogen) atoms. The average molecular weight is 150 g/mol. The molecule has 0 aromatic carbocycles. The van der Waals surface area contributed by atoms with Gasteiger partial charge in [-0.05, 0) is 0 Å². The fourth-order valence-electron chi connectivity index (χ4n) is 0.120. The van der Waals surface area contributed by atoms with Gasteiger partial charge in [0.2, 0.25) is 0 Å². The number of carbonyl (C=O) groups excluding carboxylic acids is 1. The lowest BCUT2D eigenvalue weighted by Gasteiger charge is -1.89. The van der Waals surface area contributed by atoms with E-state index in [1.54, 1.807) is 0 Å². The van der Waals surface area contributed by atoms with Crippen LogP contribution in [-0.4, -0.2) is 18.9 Å². The second-order valence-corrected chi connectivity index (χ2v) is 1.96. The highest BCUT2D eigenvalue weighted by Crippen LogP contribution is 1.84. The minimum atomic E-state index is -4.73. The zero-order valence-corrected chi connectivity index (χ0v) is 4.88. The van der Waals surface area contributed by atoms with Gasteiger partial charge in [-0.15, -0.1) is 6.42 Å². The van der Waals surface area contributed by atoms with Crippen LogP contribution < -0.4 is 0 Å². The Morgan fingerprint density at radius 3 is 2.22 bits per heavy atom. The molecular formula is C3H2O5S. The summed E-state index contributed by atoms with van der Waals surface area (Å²) < 4.78 is 30.2. The first-order valence-corrected chi connectivity index (χ1v) is 2.99. The summed E-state index contributed by atoms with van der Waals surface area (Å²) in [6.07, 6.45) is 4.38. The number of carbonyl (C=O) groups is 1. The summed E-state index contributed by atoms with van der Waals surface area (Å²) >= 11 is 0. The van der Waals surface area contributed by atoms with Gasteiger partial charge < -0.3 is 4.18 Å². The largest absolute Gasteiger partial charge is 0.449 e. The summed E-state index contributed by atoms with van der Waals surface area (Å²) in [4.78, 5) is 9.83. The van der Waals surface area contributed by atoms with Crippen LogP contribution in [-0.2, 0) is 19.4 Å². The molecule has 1 N–H and O–H groups in total. The molecule has 0 aromatic rings. The van der Waals surface area contributed by atoms with Crippen molar-refractivity contribution in [3.8, 4) is 12.3 Å². The molecule has 0 amide bonds. The lowest BCUT2D eigenvalue weighted by atomic mass is 10.7. The molecule has 0 unspecified atom stereocenters. The van der Waals surface area contributed by atoms with Crippen molar-refractivity contribution in [3.05, 3.63) is 0 Å². The minimum absolute atomic E-state index is 1.32. The molecule has 0 spiro atoms. The van der Waals surface area contributed by atoms with Crippen LogP contribution in [0.25, 0.3) is 0 Å². The zero-order valence-electron chi connectivity index (χ0n) is 4.07. The topological polar surface area (TPSA) is 80.7 Å². The molecular weight excluding hydrogens is 148 g/mol. The number of terminal acetylenes is 1. The third-order valence-electron chi connectivity index (χ3n) is 0.299. The molecule has 5 nitrogen and oxygen atoms in total. The second kappa shape index (κ2) is 2.48. The van der Waals surface area contributed by atoms with Crippen molar-refractivity contribution in [2.75, 3.05) is 0 Å². The van der Waals surface area contributed by atoms with E-state index in [4.69, 9.17) is 4.55 Å². The van der Waals surface area contributed by atoms with E-state index in [-0.39, 0.29) is 0 Å². The normalized spacial score (nSPS) is 9.78. The Bertz CT molecular complexity index is 242. The maximum absolute atomic E-state index is 9.83. The van der Waals surface area contributed by atoms with Gasteiger partial charge in [-0.25, -0.2) is 4.79 Å². The smallest absolute Gasteiger partial charge is 0.313 e. The van der Waals surface area contributed by atoms with Crippen LogP contribution in [0.15, 0.2) is 0 Å². The molecule has 0 atom stereocenters. The van der Waals surface area contributed by atoms with Gasteiger partial charge in [0, 0.05) is 5.92 Å². The zero-order chi connectivity index (χ0) is 7.49. The molecule has 0 saturated carbocycles. The van der Waals surface area contributed by atoms with Gasteiger partial charge in [-0.3, -0.25) is 4.55 Å². The van der Waals surface area contributed by atoms with Crippen LogP contribution in [0.4, 0.5) is 0 Å². The summed E-state index contributed by atoms with van der Waals surface area (Å²) in [5, 5.41) is 0. The highest BCUT2D eigenvalue weighted by molar-refractivity contribution is 7.81. The molecule has 0 bridgehead atoms. The summed E-state index contributed by atoms with van der Waals surface area (Å²) in [6.45, 7) is 0. The van der Waals surface area contributed by atoms with E-state index < -0.39 is 16.4 Å². The number of hydrogen-bond donors (Lipinski definition) is 1. The first-order valence-electron chi connectivity index (χ1n) is 1.63. The van der Waals surface area contributed by atoms with Gasteiger partial charge in [0.25, 0.3) is 0 Å². The van der Waals surface area contributed by atoms with Crippen molar-refractivity contribution in [2.45, 2.75) is 0 Å². The van der Waals surface area contributed by atoms with E-state index in [2.05, 4.69) is 10.6 Å². The van der Waals surface area contributed by atoms with Crippen molar-refractivity contribution >= 4 is 16.4 Å². The van der Waals surface area contributed by atoms with Crippen molar-refractivity contribution in [1.29, 1.82) is 0 Å². The highest BCUT2D eigenvalue weighted by atomic mass is 32.3. The lowest BCUT2D eigenvalue weighted by molar-refractivity contribution is -0.127. The standard InChI is InChI=1S/C3H2O5S/c1-2-3(4)8-9(5,6)7/h1H,(H,5,6,7). The molecule has 6 heteroatoms. The molecule has 0 radical (unpaired) electrons. The third-order valence-corrected chi connectivity index (χ3v) is 0.661. The first-order chi connectivity index (χ1) is 3.95. The molecule has 0 heterocycles. The van der Waals surface area contributed by atoms with Crippen LogP contribution in [0.5, 0.6) is 0 Å². The maximum Gasteiger partial charge on any atom is 0.449 e. The Morgan fingerprint density at radius 1 is 1.67 bits per heavy atom. The van der Waals surface area contributed by atoms with Crippen molar-refractivity contribution in [3.63, 3.8) is 0 Å². The molecule has 0 fully saturated rings. The fourth-order valence-corrected chi connectivity index (χ4v) is 0.359. The summed E-state index contributed by atoms with van der Waals surface area (Å²) in [6, 6.07) is 0. The lowest BCUT2D eigenvalue weighted by Crippen LogP contribution is -2.08. The Labute approximate surface area is 51.6 Å². The molecule has 50 valence electrons. The summed E-state index contributed by atoms with van der Waals surface area (Å²) in [5.41, 5.74) is 0.